The van der Waals surface area contributed by atoms with Gasteiger partial charge in [-0.05, 0) is 62.6 Å². The third-order valence-corrected chi connectivity index (χ3v) is 11.4. The van der Waals surface area contributed by atoms with E-state index in [4.69, 9.17) is 9.98 Å². The lowest BCUT2D eigenvalue weighted by molar-refractivity contribution is -0.117. The summed E-state index contributed by atoms with van der Waals surface area (Å²) in [5.74, 6) is -0.373. The first-order valence-corrected chi connectivity index (χ1v) is 19.9. The van der Waals surface area contributed by atoms with E-state index in [1.54, 1.807) is 0 Å². The Hall–Kier alpha value is -6.40. The first-order valence-electron chi connectivity index (χ1n) is 19.9. The van der Waals surface area contributed by atoms with Crippen molar-refractivity contribution in [2.45, 2.75) is 63.3 Å². The van der Waals surface area contributed by atoms with E-state index in [9.17, 15) is 19.8 Å². The molecule has 6 aromatic rings. The Kier molecular flexibility index (Phi) is 11.0. The van der Waals surface area contributed by atoms with Gasteiger partial charge in [-0.2, -0.15) is 0 Å². The van der Waals surface area contributed by atoms with Crippen LogP contribution in [0.4, 0.5) is 0 Å². The van der Waals surface area contributed by atoms with Gasteiger partial charge in [0.2, 0.25) is 0 Å². The third kappa shape index (κ3) is 8.27. The Balaban J connectivity index is 1.17. The molecule has 0 aromatic heterocycles. The minimum absolute atomic E-state index is 0.0577. The molecule has 6 nitrogen and oxygen atoms in total. The topological polar surface area (TPSA) is 99.3 Å². The lowest BCUT2D eigenvalue weighted by Crippen LogP contribution is -2.27. The van der Waals surface area contributed by atoms with Crippen LogP contribution < -0.4 is 0 Å². The van der Waals surface area contributed by atoms with Gasteiger partial charge in [-0.3, -0.25) is 19.6 Å². The molecule has 0 saturated heterocycles. The van der Waals surface area contributed by atoms with Crippen LogP contribution in [-0.2, 0) is 22.4 Å². The molecule has 0 spiro atoms. The number of Topliss-reactive ketones (excluding diaryl/α,β-unsaturated/α-hetero) is 2. The molecular formula is C51H46N2O4. The van der Waals surface area contributed by atoms with E-state index in [0.717, 1.165) is 43.8 Å². The van der Waals surface area contributed by atoms with Gasteiger partial charge in [0.15, 0.2) is 11.6 Å². The van der Waals surface area contributed by atoms with Crippen molar-refractivity contribution in [1.29, 1.82) is 0 Å². The minimum atomic E-state index is -0.420. The molecule has 2 aliphatic rings. The Morgan fingerprint density at radius 1 is 0.544 bits per heavy atom. The quantitative estimate of drug-likeness (QED) is 0.129. The van der Waals surface area contributed by atoms with E-state index in [0.29, 0.717) is 37.1 Å². The zero-order valence-electron chi connectivity index (χ0n) is 32.1. The largest absolute Gasteiger partial charge is 0.511 e. The Bertz CT molecular complexity index is 2570. The molecule has 57 heavy (non-hydrogen) atoms. The molecule has 3 unspecified atom stereocenters. The molecule has 0 aliphatic heterocycles. The fourth-order valence-corrected chi connectivity index (χ4v) is 8.59. The van der Waals surface area contributed by atoms with Gasteiger partial charge in [0.1, 0.15) is 11.5 Å². The van der Waals surface area contributed by atoms with E-state index in [1.807, 2.05) is 116 Å². The summed E-state index contributed by atoms with van der Waals surface area (Å²) in [5.41, 5.74) is 5.70. The van der Waals surface area contributed by atoms with Crippen LogP contribution in [0.3, 0.4) is 0 Å². The second-order valence-electron chi connectivity index (χ2n) is 15.4. The van der Waals surface area contributed by atoms with Crippen LogP contribution in [0.25, 0.3) is 21.5 Å². The van der Waals surface area contributed by atoms with Gasteiger partial charge in [0.05, 0.1) is 35.2 Å². The highest BCUT2D eigenvalue weighted by atomic mass is 16.3. The van der Waals surface area contributed by atoms with E-state index in [-0.39, 0.29) is 65.5 Å². The van der Waals surface area contributed by atoms with Gasteiger partial charge in [-0.15, -0.1) is 0 Å². The van der Waals surface area contributed by atoms with E-state index in [2.05, 4.69) is 36.4 Å². The second-order valence-corrected chi connectivity index (χ2v) is 15.4. The standard InChI is InChI=1S/C51H46N2O4/c1-33(53-45(27-39-23-13-21-37-19-9-11-25-43(37)39)51-48(56)30-41(31-49(51)57)35-16-6-3-7-17-35)32-52-44(26-38-22-12-20-36-18-8-10-24-42(36)38)50-46(54)28-40(29-47(50)55)34-14-4-2-5-15-34/h2-25,33,40-41,54,56H,26-32H2,1H3. The zero-order valence-corrected chi connectivity index (χ0v) is 32.1. The van der Waals surface area contributed by atoms with Gasteiger partial charge in [-0.1, -0.05) is 146 Å². The molecule has 0 fully saturated rings. The molecule has 6 aromatic carbocycles. The Morgan fingerprint density at radius 2 is 0.965 bits per heavy atom. The molecular weight excluding hydrogens is 705 g/mol. The van der Waals surface area contributed by atoms with Crippen LogP contribution in [0.5, 0.6) is 0 Å². The second kappa shape index (κ2) is 16.8. The summed E-state index contributed by atoms with van der Waals surface area (Å²) in [7, 11) is 0. The molecule has 0 bridgehead atoms. The predicted octanol–water partition coefficient (Wildman–Crippen LogP) is 11.0. The smallest absolute Gasteiger partial charge is 0.168 e. The monoisotopic (exact) mass is 750 g/mol. The van der Waals surface area contributed by atoms with Crippen molar-refractivity contribution >= 4 is 44.5 Å². The molecule has 2 aliphatic carbocycles. The number of allylic oxidation sites excluding steroid dienone is 4. The van der Waals surface area contributed by atoms with Crippen molar-refractivity contribution in [1.82, 2.24) is 0 Å². The molecule has 0 amide bonds. The highest BCUT2D eigenvalue weighted by Gasteiger charge is 2.33. The van der Waals surface area contributed by atoms with Crippen molar-refractivity contribution in [3.05, 3.63) is 191 Å². The minimum Gasteiger partial charge on any atom is -0.511 e. The molecule has 3 atom stereocenters. The summed E-state index contributed by atoms with van der Waals surface area (Å²) in [6, 6.07) is 47.9. The molecule has 8 rings (SSSR count). The third-order valence-electron chi connectivity index (χ3n) is 11.4. The van der Waals surface area contributed by atoms with Crippen molar-refractivity contribution in [2.24, 2.45) is 9.98 Å². The van der Waals surface area contributed by atoms with Crippen LogP contribution in [0.1, 0.15) is 66.7 Å². The van der Waals surface area contributed by atoms with Gasteiger partial charge in [0, 0.05) is 38.5 Å². The summed E-state index contributed by atoms with van der Waals surface area (Å²) in [6.45, 7) is 2.16. The predicted molar refractivity (Wildman–Crippen MR) is 231 cm³/mol. The van der Waals surface area contributed by atoms with Gasteiger partial charge < -0.3 is 10.2 Å². The Morgan fingerprint density at radius 3 is 1.46 bits per heavy atom. The molecule has 284 valence electrons. The number of carbonyl (C=O) groups is 2. The fourth-order valence-electron chi connectivity index (χ4n) is 8.59. The van der Waals surface area contributed by atoms with Crippen LogP contribution in [0.2, 0.25) is 0 Å². The van der Waals surface area contributed by atoms with Gasteiger partial charge >= 0.3 is 0 Å². The zero-order chi connectivity index (χ0) is 39.3. The van der Waals surface area contributed by atoms with Crippen molar-refractivity contribution in [3.63, 3.8) is 0 Å². The average molecular weight is 751 g/mol. The number of rotatable bonds is 11. The number of nitrogens with zero attached hydrogens (tertiary/aromatic N) is 2. The first kappa shape index (κ1) is 37.5. The summed E-state index contributed by atoms with van der Waals surface area (Å²) in [6.07, 6.45) is 1.96. The molecule has 6 heteroatoms. The number of aliphatic imine (C=N–C) groups is 2. The van der Waals surface area contributed by atoms with Crippen molar-refractivity contribution < 1.29 is 19.8 Å². The van der Waals surface area contributed by atoms with Gasteiger partial charge in [0.25, 0.3) is 0 Å². The summed E-state index contributed by atoms with van der Waals surface area (Å²) < 4.78 is 0. The Labute approximate surface area is 333 Å². The SMILES string of the molecule is CC(CN=C(Cc1cccc2ccccc12)C1=C(O)CC(c2ccccc2)CC1=O)N=C(Cc1cccc2ccccc12)C1=C(O)CC(c2ccccc2)CC1=O. The lowest BCUT2D eigenvalue weighted by atomic mass is 9.80. The normalized spacial score (nSPS) is 18.8. The van der Waals surface area contributed by atoms with Crippen LogP contribution in [-0.4, -0.2) is 45.8 Å². The average Bonchev–Trinajstić information content (AvgIpc) is 3.23. The highest BCUT2D eigenvalue weighted by Crippen LogP contribution is 2.37. The van der Waals surface area contributed by atoms with E-state index < -0.39 is 6.04 Å². The summed E-state index contributed by atoms with van der Waals surface area (Å²) in [5, 5.41) is 27.5. The number of carbonyl (C=O) groups excluding carboxylic acids is 2. The number of aliphatic hydroxyl groups excluding tert-OH is 2. The number of hydrogen-bond acceptors (Lipinski definition) is 6. The maximum absolute atomic E-state index is 14.1. The highest BCUT2D eigenvalue weighted by molar-refractivity contribution is 6.25. The van der Waals surface area contributed by atoms with E-state index >= 15 is 0 Å². The number of benzene rings is 6. The molecule has 0 heterocycles. The van der Waals surface area contributed by atoms with E-state index in [1.165, 1.54) is 0 Å². The summed E-state index contributed by atoms with van der Waals surface area (Å²) in [4.78, 5) is 38.4. The number of hydrogen-bond donors (Lipinski definition) is 2. The lowest BCUT2D eigenvalue weighted by Gasteiger charge is -2.26. The van der Waals surface area contributed by atoms with Crippen molar-refractivity contribution in [3.8, 4) is 0 Å². The molecule has 0 radical (unpaired) electrons. The maximum atomic E-state index is 14.1. The van der Waals surface area contributed by atoms with Crippen LogP contribution >= 0.6 is 0 Å². The number of aliphatic hydroxyl groups is 2. The van der Waals surface area contributed by atoms with Crippen molar-refractivity contribution in [2.75, 3.05) is 6.54 Å². The number of ketones is 2. The molecule has 2 N–H and O–H groups in total. The molecule has 0 saturated carbocycles. The number of fused-ring (bicyclic) bond motifs is 2. The van der Waals surface area contributed by atoms with Crippen LogP contribution in [0.15, 0.2) is 178 Å². The first-order chi connectivity index (χ1) is 27.8. The van der Waals surface area contributed by atoms with Gasteiger partial charge in [-0.25, -0.2) is 0 Å². The fraction of sp³-hybridized carbons (Fsp3) is 0.216. The maximum Gasteiger partial charge on any atom is 0.168 e. The summed E-state index contributed by atoms with van der Waals surface area (Å²) >= 11 is 0. The van der Waals surface area contributed by atoms with Crippen LogP contribution in [0, 0.1) is 0 Å².